The molecule has 6 heteroatoms. The zero-order valence-electron chi connectivity index (χ0n) is 11.3. The lowest BCUT2D eigenvalue weighted by Crippen LogP contribution is -2.42. The molecule has 1 aromatic rings. The normalized spacial score (nSPS) is 19.9. The van der Waals surface area contributed by atoms with Gasteiger partial charge >= 0.3 is 5.97 Å². The third-order valence-electron chi connectivity index (χ3n) is 3.25. The van der Waals surface area contributed by atoms with Crippen molar-refractivity contribution < 1.29 is 18.7 Å². The van der Waals surface area contributed by atoms with E-state index in [2.05, 4.69) is 9.64 Å². The maximum absolute atomic E-state index is 13.2. The number of halogens is 2. The van der Waals surface area contributed by atoms with Crippen LogP contribution in [0.2, 0.25) is 5.02 Å². The van der Waals surface area contributed by atoms with Gasteiger partial charge < -0.3 is 9.47 Å². The Kier molecular flexibility index (Phi) is 5.34. The molecule has 0 N–H and O–H groups in total. The van der Waals surface area contributed by atoms with Gasteiger partial charge in [-0.05, 0) is 23.8 Å². The van der Waals surface area contributed by atoms with Crippen molar-refractivity contribution in [2.24, 2.45) is 0 Å². The predicted octanol–water partition coefficient (Wildman–Crippen LogP) is 2.24. The van der Waals surface area contributed by atoms with Crippen LogP contribution in [0.5, 0.6) is 0 Å². The van der Waals surface area contributed by atoms with Crippen LogP contribution in [0.15, 0.2) is 18.2 Å². The average Bonchev–Trinajstić information content (AvgIpc) is 2.43. The molecule has 1 aliphatic heterocycles. The number of hydrogen-bond donors (Lipinski definition) is 0. The molecule has 0 aliphatic carbocycles. The number of esters is 1. The van der Waals surface area contributed by atoms with Gasteiger partial charge in [0.05, 0.1) is 26.2 Å². The smallest absolute Gasteiger partial charge is 0.308 e. The third-order valence-corrected chi connectivity index (χ3v) is 3.62. The first kappa shape index (κ1) is 15.2. The molecule has 1 heterocycles. The Morgan fingerprint density at radius 1 is 1.60 bits per heavy atom. The number of morpholine rings is 1. The average molecular weight is 302 g/mol. The van der Waals surface area contributed by atoms with Gasteiger partial charge in [-0.3, -0.25) is 9.69 Å². The number of benzene rings is 1. The van der Waals surface area contributed by atoms with Crippen LogP contribution >= 0.6 is 11.6 Å². The highest BCUT2D eigenvalue weighted by Crippen LogP contribution is 2.20. The van der Waals surface area contributed by atoms with Gasteiger partial charge in [0.2, 0.25) is 0 Å². The van der Waals surface area contributed by atoms with Crippen molar-refractivity contribution in [1.29, 1.82) is 0 Å². The molecule has 1 aromatic carbocycles. The van der Waals surface area contributed by atoms with Crippen molar-refractivity contribution in [3.05, 3.63) is 34.6 Å². The highest BCUT2D eigenvalue weighted by atomic mass is 35.5. The van der Waals surface area contributed by atoms with E-state index in [4.69, 9.17) is 16.3 Å². The van der Waals surface area contributed by atoms with E-state index >= 15 is 0 Å². The molecule has 1 aliphatic rings. The lowest BCUT2D eigenvalue weighted by atomic mass is 10.1. The molecule has 0 saturated carbocycles. The van der Waals surface area contributed by atoms with E-state index < -0.39 is 0 Å². The van der Waals surface area contributed by atoms with E-state index in [1.54, 1.807) is 6.07 Å². The second kappa shape index (κ2) is 7.02. The van der Waals surface area contributed by atoms with E-state index in [1.165, 1.54) is 19.2 Å². The van der Waals surface area contributed by atoms with Crippen LogP contribution in [0.25, 0.3) is 0 Å². The summed E-state index contributed by atoms with van der Waals surface area (Å²) in [6.45, 7) is 2.40. The van der Waals surface area contributed by atoms with Crippen LogP contribution in [-0.2, 0) is 20.8 Å². The Hall–Kier alpha value is -1.17. The monoisotopic (exact) mass is 301 g/mol. The maximum Gasteiger partial charge on any atom is 0.308 e. The summed E-state index contributed by atoms with van der Waals surface area (Å²) in [5.41, 5.74) is 0.741. The maximum atomic E-state index is 13.2. The van der Waals surface area contributed by atoms with E-state index in [9.17, 15) is 9.18 Å². The largest absolute Gasteiger partial charge is 0.469 e. The molecule has 20 heavy (non-hydrogen) atoms. The number of ether oxygens (including phenoxy) is 2. The Balaban J connectivity index is 1.95. The van der Waals surface area contributed by atoms with Gasteiger partial charge in [0.1, 0.15) is 5.82 Å². The Labute approximate surface area is 122 Å². The van der Waals surface area contributed by atoms with Crippen LogP contribution in [0.4, 0.5) is 4.39 Å². The second-order valence-corrected chi connectivity index (χ2v) is 5.15. The first-order valence-corrected chi connectivity index (χ1v) is 6.81. The van der Waals surface area contributed by atoms with E-state index in [0.717, 1.165) is 12.1 Å². The summed E-state index contributed by atoms with van der Waals surface area (Å²) >= 11 is 6.06. The molecular formula is C14H17ClFNO3. The molecule has 0 radical (unpaired) electrons. The van der Waals surface area contributed by atoms with Gasteiger partial charge in [-0.2, -0.15) is 0 Å². The lowest BCUT2D eigenvalue weighted by molar-refractivity contribution is -0.145. The molecule has 1 fully saturated rings. The van der Waals surface area contributed by atoms with E-state index in [1.807, 2.05) is 0 Å². The molecule has 2 rings (SSSR count). The Morgan fingerprint density at radius 3 is 3.15 bits per heavy atom. The van der Waals surface area contributed by atoms with Crippen LogP contribution in [0.1, 0.15) is 12.0 Å². The summed E-state index contributed by atoms with van der Waals surface area (Å²) < 4.78 is 23.4. The summed E-state index contributed by atoms with van der Waals surface area (Å²) in [5.74, 6) is -0.593. The molecule has 0 bridgehead atoms. The molecule has 0 aromatic heterocycles. The van der Waals surface area contributed by atoms with Crippen molar-refractivity contribution in [2.45, 2.75) is 19.1 Å². The van der Waals surface area contributed by atoms with E-state index in [0.29, 0.717) is 24.7 Å². The van der Waals surface area contributed by atoms with Gasteiger partial charge in [0, 0.05) is 24.7 Å². The highest BCUT2D eigenvalue weighted by molar-refractivity contribution is 6.31. The minimum absolute atomic E-state index is 0.191. The summed E-state index contributed by atoms with van der Waals surface area (Å²) in [5, 5.41) is 0.544. The fraction of sp³-hybridized carbons (Fsp3) is 0.500. The van der Waals surface area contributed by atoms with Gasteiger partial charge in [-0.25, -0.2) is 4.39 Å². The van der Waals surface area contributed by atoms with Crippen molar-refractivity contribution in [2.75, 3.05) is 26.8 Å². The number of nitrogens with zero attached hydrogens (tertiary/aromatic N) is 1. The van der Waals surface area contributed by atoms with Gasteiger partial charge in [-0.1, -0.05) is 11.6 Å². The standard InChI is InChI=1S/C14H17ClFNO3/c1-19-14(18)7-12-9-17(4-5-20-12)8-10-6-11(16)2-3-13(10)15/h2-3,6,12H,4-5,7-9H2,1H3/t12-/m0/s1. The van der Waals surface area contributed by atoms with Crippen molar-refractivity contribution >= 4 is 17.6 Å². The fourth-order valence-electron chi connectivity index (χ4n) is 2.22. The topological polar surface area (TPSA) is 38.8 Å². The van der Waals surface area contributed by atoms with Crippen molar-refractivity contribution in [1.82, 2.24) is 4.90 Å². The lowest BCUT2D eigenvalue weighted by Gasteiger charge is -2.32. The minimum atomic E-state index is -0.302. The number of methoxy groups -OCH3 is 1. The number of carbonyl (C=O) groups is 1. The second-order valence-electron chi connectivity index (χ2n) is 4.74. The van der Waals surface area contributed by atoms with Crippen LogP contribution in [0, 0.1) is 5.82 Å². The summed E-state index contributed by atoms with van der Waals surface area (Å²) in [6, 6.07) is 4.33. The number of rotatable bonds is 4. The highest BCUT2D eigenvalue weighted by Gasteiger charge is 2.23. The SMILES string of the molecule is COC(=O)C[C@H]1CN(Cc2cc(F)ccc2Cl)CCO1. The Morgan fingerprint density at radius 2 is 2.40 bits per heavy atom. The molecule has 4 nitrogen and oxygen atoms in total. The summed E-state index contributed by atoms with van der Waals surface area (Å²) in [7, 11) is 1.36. The number of hydrogen-bond acceptors (Lipinski definition) is 4. The van der Waals surface area contributed by atoms with E-state index in [-0.39, 0.29) is 24.3 Å². The molecule has 110 valence electrons. The summed E-state index contributed by atoms with van der Waals surface area (Å²) in [6.07, 6.45) is 0.0349. The number of carbonyl (C=O) groups excluding carboxylic acids is 1. The quantitative estimate of drug-likeness (QED) is 0.800. The summed E-state index contributed by atoms with van der Waals surface area (Å²) in [4.78, 5) is 13.3. The first-order valence-electron chi connectivity index (χ1n) is 6.43. The minimum Gasteiger partial charge on any atom is -0.469 e. The van der Waals surface area contributed by atoms with Crippen LogP contribution in [0.3, 0.4) is 0 Å². The first-order chi connectivity index (χ1) is 9.58. The third kappa shape index (κ3) is 4.16. The molecular weight excluding hydrogens is 285 g/mol. The zero-order valence-corrected chi connectivity index (χ0v) is 12.0. The predicted molar refractivity (Wildman–Crippen MR) is 73.1 cm³/mol. The van der Waals surface area contributed by atoms with Gasteiger partial charge in [0.25, 0.3) is 0 Å². The molecule has 0 spiro atoms. The molecule has 0 amide bonds. The molecule has 1 saturated heterocycles. The van der Waals surface area contributed by atoms with Crippen molar-refractivity contribution in [3.8, 4) is 0 Å². The molecule has 1 atom stereocenters. The fourth-order valence-corrected chi connectivity index (χ4v) is 2.40. The van der Waals surface area contributed by atoms with Gasteiger partial charge in [-0.15, -0.1) is 0 Å². The van der Waals surface area contributed by atoms with Crippen LogP contribution in [-0.4, -0.2) is 43.8 Å². The Bertz CT molecular complexity index is 483. The molecule has 0 unspecified atom stereocenters. The van der Waals surface area contributed by atoms with Gasteiger partial charge in [0.15, 0.2) is 0 Å². The van der Waals surface area contributed by atoms with Crippen LogP contribution < -0.4 is 0 Å². The zero-order chi connectivity index (χ0) is 14.5. The van der Waals surface area contributed by atoms with Crippen molar-refractivity contribution in [3.63, 3.8) is 0 Å².